The summed E-state index contributed by atoms with van der Waals surface area (Å²) in [4.78, 5) is 11.9. The summed E-state index contributed by atoms with van der Waals surface area (Å²) in [6.07, 6.45) is 2.82. The van der Waals surface area contributed by atoms with Crippen LogP contribution in [0.25, 0.3) is 10.8 Å². The van der Waals surface area contributed by atoms with Crippen LogP contribution in [0.3, 0.4) is 0 Å². The normalized spacial score (nSPS) is 10.9. The molecule has 3 nitrogen and oxygen atoms in total. The fourth-order valence-corrected chi connectivity index (χ4v) is 2.00. The molecular weight excluding hydrogens is 200 g/mol. The van der Waals surface area contributed by atoms with E-state index in [4.69, 9.17) is 5.73 Å². The molecule has 2 N–H and O–H groups in total. The molecule has 0 fully saturated rings. The molecule has 16 heavy (non-hydrogen) atoms. The molecule has 0 unspecified atom stereocenters. The summed E-state index contributed by atoms with van der Waals surface area (Å²) in [5.74, 6) is 0. The largest absolute Gasteiger partial charge is 0.326 e. The van der Waals surface area contributed by atoms with E-state index in [-0.39, 0.29) is 5.56 Å². The molecule has 1 aromatic carbocycles. The maximum Gasteiger partial charge on any atom is 0.258 e. The predicted octanol–water partition coefficient (Wildman–Crippen LogP) is 1.56. The van der Waals surface area contributed by atoms with E-state index in [2.05, 4.69) is 6.92 Å². The minimum atomic E-state index is 0.0516. The van der Waals surface area contributed by atoms with Crippen molar-refractivity contribution in [3.05, 3.63) is 45.9 Å². The molecule has 0 aliphatic carbocycles. The van der Waals surface area contributed by atoms with Crippen molar-refractivity contribution in [2.75, 3.05) is 0 Å². The number of rotatable bonds is 2. The minimum Gasteiger partial charge on any atom is -0.326 e. The Bertz CT molecular complexity index is 584. The Kier molecular flexibility index (Phi) is 2.79. The number of pyridine rings is 1. The van der Waals surface area contributed by atoms with E-state index in [1.54, 1.807) is 11.6 Å². The number of nitrogens with zero attached hydrogens (tertiary/aromatic N) is 1. The van der Waals surface area contributed by atoms with Gasteiger partial charge in [-0.15, -0.1) is 0 Å². The molecule has 0 spiro atoms. The van der Waals surface area contributed by atoms with Crippen molar-refractivity contribution in [1.29, 1.82) is 0 Å². The first kappa shape index (κ1) is 10.9. The lowest BCUT2D eigenvalue weighted by atomic mass is 10.0. The zero-order valence-electron chi connectivity index (χ0n) is 9.66. The molecule has 0 aliphatic rings. The summed E-state index contributed by atoms with van der Waals surface area (Å²) >= 11 is 0. The number of hydrogen-bond acceptors (Lipinski definition) is 2. The van der Waals surface area contributed by atoms with Crippen molar-refractivity contribution >= 4 is 10.8 Å². The van der Waals surface area contributed by atoms with E-state index >= 15 is 0 Å². The molecule has 0 bridgehead atoms. The molecule has 0 amide bonds. The molecule has 0 atom stereocenters. The second-order valence-electron chi connectivity index (χ2n) is 4.01. The molecule has 3 heteroatoms. The standard InChI is InChI=1S/C13H16N2O/c1-3-10-8-15(2)13(16)11-5-4-9(7-14)6-12(10)11/h4-6,8H,3,7,14H2,1-2H3. The van der Waals surface area contributed by atoms with Crippen molar-refractivity contribution in [2.24, 2.45) is 12.8 Å². The first-order valence-electron chi connectivity index (χ1n) is 5.48. The number of fused-ring (bicyclic) bond motifs is 1. The van der Waals surface area contributed by atoms with Gasteiger partial charge in [-0.05, 0) is 35.1 Å². The Morgan fingerprint density at radius 2 is 2.06 bits per heavy atom. The highest BCUT2D eigenvalue weighted by Gasteiger charge is 2.06. The molecule has 2 rings (SSSR count). The predicted molar refractivity (Wildman–Crippen MR) is 66.5 cm³/mol. The third kappa shape index (κ3) is 1.63. The van der Waals surface area contributed by atoms with Gasteiger partial charge in [-0.1, -0.05) is 13.0 Å². The molecule has 0 saturated carbocycles. The van der Waals surface area contributed by atoms with Gasteiger partial charge in [-0.2, -0.15) is 0 Å². The zero-order valence-corrected chi connectivity index (χ0v) is 9.66. The summed E-state index contributed by atoms with van der Waals surface area (Å²) in [5, 5.41) is 1.81. The fraction of sp³-hybridized carbons (Fsp3) is 0.308. The van der Waals surface area contributed by atoms with Gasteiger partial charge in [-0.3, -0.25) is 4.79 Å². The monoisotopic (exact) mass is 216 g/mol. The van der Waals surface area contributed by atoms with E-state index in [1.165, 1.54) is 5.56 Å². The van der Waals surface area contributed by atoms with Crippen LogP contribution in [0, 0.1) is 0 Å². The van der Waals surface area contributed by atoms with Crippen LogP contribution in [0.2, 0.25) is 0 Å². The van der Waals surface area contributed by atoms with Crippen molar-refractivity contribution in [3.63, 3.8) is 0 Å². The molecular formula is C13H16N2O. The number of aryl methyl sites for hydroxylation is 2. The Morgan fingerprint density at radius 1 is 1.31 bits per heavy atom. The lowest BCUT2D eigenvalue weighted by molar-refractivity contribution is 0.857. The van der Waals surface area contributed by atoms with Crippen molar-refractivity contribution in [3.8, 4) is 0 Å². The van der Waals surface area contributed by atoms with Crippen LogP contribution in [-0.2, 0) is 20.0 Å². The van der Waals surface area contributed by atoms with Gasteiger partial charge in [0.15, 0.2) is 0 Å². The summed E-state index contributed by atoms with van der Waals surface area (Å²) in [7, 11) is 1.79. The van der Waals surface area contributed by atoms with Gasteiger partial charge in [0.05, 0.1) is 0 Å². The average Bonchev–Trinajstić information content (AvgIpc) is 2.33. The topological polar surface area (TPSA) is 48.0 Å². The van der Waals surface area contributed by atoms with E-state index < -0.39 is 0 Å². The Hall–Kier alpha value is -1.61. The SMILES string of the molecule is CCc1cn(C)c(=O)c2ccc(CN)cc12. The van der Waals surface area contributed by atoms with Crippen molar-refractivity contribution < 1.29 is 0 Å². The van der Waals surface area contributed by atoms with E-state index in [0.29, 0.717) is 6.54 Å². The summed E-state index contributed by atoms with van der Waals surface area (Å²) in [6.45, 7) is 2.60. The number of benzene rings is 1. The highest BCUT2D eigenvalue weighted by Crippen LogP contribution is 2.17. The fourth-order valence-electron chi connectivity index (χ4n) is 2.00. The quantitative estimate of drug-likeness (QED) is 0.828. The third-order valence-corrected chi connectivity index (χ3v) is 2.95. The first-order chi connectivity index (χ1) is 7.67. The smallest absolute Gasteiger partial charge is 0.258 e. The van der Waals surface area contributed by atoms with Crippen LogP contribution < -0.4 is 11.3 Å². The van der Waals surface area contributed by atoms with Crippen LogP contribution in [-0.4, -0.2) is 4.57 Å². The second kappa shape index (κ2) is 4.10. The molecule has 0 aliphatic heterocycles. The van der Waals surface area contributed by atoms with Gasteiger partial charge in [-0.25, -0.2) is 0 Å². The van der Waals surface area contributed by atoms with Crippen LogP contribution in [0.5, 0.6) is 0 Å². The maximum atomic E-state index is 11.9. The average molecular weight is 216 g/mol. The number of nitrogens with two attached hydrogens (primary N) is 1. The van der Waals surface area contributed by atoms with Crippen LogP contribution in [0.1, 0.15) is 18.1 Å². The lowest BCUT2D eigenvalue weighted by Crippen LogP contribution is -2.17. The minimum absolute atomic E-state index is 0.0516. The number of aromatic nitrogens is 1. The van der Waals surface area contributed by atoms with Gasteiger partial charge in [0, 0.05) is 25.2 Å². The summed E-state index contributed by atoms with van der Waals surface area (Å²) in [6, 6.07) is 5.82. The molecule has 1 aromatic heterocycles. The zero-order chi connectivity index (χ0) is 11.7. The maximum absolute atomic E-state index is 11.9. The highest BCUT2D eigenvalue weighted by atomic mass is 16.1. The Morgan fingerprint density at radius 3 is 2.69 bits per heavy atom. The first-order valence-corrected chi connectivity index (χ1v) is 5.48. The van der Waals surface area contributed by atoms with E-state index in [1.807, 2.05) is 24.4 Å². The molecule has 2 aromatic rings. The van der Waals surface area contributed by atoms with Gasteiger partial charge in [0.1, 0.15) is 0 Å². The van der Waals surface area contributed by atoms with Gasteiger partial charge in [0.25, 0.3) is 5.56 Å². The van der Waals surface area contributed by atoms with Gasteiger partial charge in [0.2, 0.25) is 0 Å². The van der Waals surface area contributed by atoms with E-state index in [0.717, 1.165) is 22.8 Å². The van der Waals surface area contributed by atoms with Gasteiger partial charge < -0.3 is 10.3 Å². The van der Waals surface area contributed by atoms with Crippen molar-refractivity contribution in [1.82, 2.24) is 4.57 Å². The third-order valence-electron chi connectivity index (χ3n) is 2.95. The summed E-state index contributed by atoms with van der Waals surface area (Å²) < 4.78 is 1.64. The van der Waals surface area contributed by atoms with Gasteiger partial charge >= 0.3 is 0 Å². The Labute approximate surface area is 94.5 Å². The van der Waals surface area contributed by atoms with Crippen LogP contribution in [0.4, 0.5) is 0 Å². The summed E-state index contributed by atoms with van der Waals surface area (Å²) in [5.41, 5.74) is 7.92. The molecule has 1 heterocycles. The van der Waals surface area contributed by atoms with Crippen LogP contribution in [0.15, 0.2) is 29.2 Å². The molecule has 84 valence electrons. The molecule has 0 radical (unpaired) electrons. The van der Waals surface area contributed by atoms with E-state index in [9.17, 15) is 4.79 Å². The van der Waals surface area contributed by atoms with Crippen molar-refractivity contribution in [2.45, 2.75) is 19.9 Å². The van der Waals surface area contributed by atoms with Crippen LogP contribution >= 0.6 is 0 Å². The number of hydrogen-bond donors (Lipinski definition) is 1. The lowest BCUT2D eigenvalue weighted by Gasteiger charge is -2.08. The second-order valence-corrected chi connectivity index (χ2v) is 4.01. The molecule has 0 saturated heterocycles. The highest BCUT2D eigenvalue weighted by molar-refractivity contribution is 5.85. The Balaban J connectivity index is 2.88.